The standard InChI is InChI=1S/C21H24FN3O4S/c1-5-8-18-20(30(27,28)16-10-7-9-15(22)11-16)21-23-13(3)17(12-19(26)29-6-2)14(4)25(21)24-18/h7,9-11H,5-6,8,12H2,1-4H3. The van der Waals surface area contributed by atoms with Gasteiger partial charge in [-0.05, 0) is 45.4 Å². The Morgan fingerprint density at radius 3 is 2.60 bits per heavy atom. The zero-order chi connectivity index (χ0) is 22.1. The van der Waals surface area contributed by atoms with E-state index in [1.807, 2.05) is 6.92 Å². The molecule has 0 atom stereocenters. The normalized spacial score (nSPS) is 11.8. The van der Waals surface area contributed by atoms with Crippen LogP contribution in [0.3, 0.4) is 0 Å². The summed E-state index contributed by atoms with van der Waals surface area (Å²) >= 11 is 0. The summed E-state index contributed by atoms with van der Waals surface area (Å²) in [4.78, 5) is 16.3. The van der Waals surface area contributed by atoms with E-state index in [0.717, 1.165) is 6.07 Å². The SMILES string of the molecule is CCCc1nn2c(C)c(CC(=O)OCC)c(C)nc2c1S(=O)(=O)c1cccc(F)c1. The molecule has 2 aromatic heterocycles. The highest BCUT2D eigenvalue weighted by molar-refractivity contribution is 7.91. The largest absolute Gasteiger partial charge is 0.466 e. The first-order valence-corrected chi connectivity index (χ1v) is 11.2. The molecule has 9 heteroatoms. The van der Waals surface area contributed by atoms with Gasteiger partial charge in [-0.2, -0.15) is 5.10 Å². The van der Waals surface area contributed by atoms with Crippen LogP contribution in [-0.4, -0.2) is 35.6 Å². The van der Waals surface area contributed by atoms with Crippen LogP contribution in [0.25, 0.3) is 5.65 Å². The summed E-state index contributed by atoms with van der Waals surface area (Å²) in [5.41, 5.74) is 2.31. The zero-order valence-corrected chi connectivity index (χ0v) is 18.2. The third kappa shape index (κ3) is 3.94. The van der Waals surface area contributed by atoms with Gasteiger partial charge in [0.05, 0.1) is 23.6 Å². The lowest BCUT2D eigenvalue weighted by Crippen LogP contribution is -2.13. The maximum absolute atomic E-state index is 13.7. The molecule has 0 unspecified atom stereocenters. The monoisotopic (exact) mass is 433 g/mol. The molecule has 0 aliphatic carbocycles. The summed E-state index contributed by atoms with van der Waals surface area (Å²) in [5.74, 6) is -1.03. The van der Waals surface area contributed by atoms with Crippen LogP contribution in [0.1, 0.15) is 42.9 Å². The second kappa shape index (κ2) is 8.51. The number of carbonyl (C=O) groups excluding carboxylic acids is 1. The predicted molar refractivity (Wildman–Crippen MR) is 109 cm³/mol. The van der Waals surface area contributed by atoms with Crippen LogP contribution in [0.15, 0.2) is 34.1 Å². The van der Waals surface area contributed by atoms with Crippen LogP contribution in [-0.2, 0) is 32.2 Å². The van der Waals surface area contributed by atoms with Crippen molar-refractivity contribution < 1.29 is 22.3 Å². The number of sulfone groups is 1. The highest BCUT2D eigenvalue weighted by atomic mass is 32.2. The topological polar surface area (TPSA) is 90.6 Å². The molecule has 0 radical (unpaired) electrons. The third-order valence-electron chi connectivity index (χ3n) is 4.84. The molecule has 1 aromatic carbocycles. The average Bonchev–Trinajstić information content (AvgIpc) is 3.04. The molecular formula is C21H24FN3O4S. The van der Waals surface area contributed by atoms with Gasteiger partial charge in [0.15, 0.2) is 5.65 Å². The molecular weight excluding hydrogens is 409 g/mol. The number of ether oxygens (including phenoxy) is 1. The van der Waals surface area contributed by atoms with E-state index < -0.39 is 21.6 Å². The molecule has 0 bridgehead atoms. The molecule has 0 aliphatic heterocycles. The van der Waals surface area contributed by atoms with Gasteiger partial charge >= 0.3 is 5.97 Å². The number of fused-ring (bicyclic) bond motifs is 1. The molecule has 2 heterocycles. The van der Waals surface area contributed by atoms with Gasteiger partial charge < -0.3 is 4.74 Å². The van der Waals surface area contributed by atoms with Gasteiger partial charge in [-0.15, -0.1) is 0 Å². The van der Waals surface area contributed by atoms with Crippen molar-refractivity contribution in [2.24, 2.45) is 0 Å². The Balaban J connectivity index is 2.27. The van der Waals surface area contributed by atoms with E-state index in [2.05, 4.69) is 10.1 Å². The van der Waals surface area contributed by atoms with Crippen molar-refractivity contribution in [3.8, 4) is 0 Å². The van der Waals surface area contributed by atoms with Crippen LogP contribution in [0.5, 0.6) is 0 Å². The van der Waals surface area contributed by atoms with E-state index in [9.17, 15) is 17.6 Å². The molecule has 0 N–H and O–H groups in total. The van der Waals surface area contributed by atoms with Crippen molar-refractivity contribution in [2.45, 2.75) is 56.7 Å². The molecule has 0 fully saturated rings. The lowest BCUT2D eigenvalue weighted by atomic mass is 10.1. The molecule has 0 aliphatic rings. The number of esters is 1. The fourth-order valence-corrected chi connectivity index (χ4v) is 5.01. The van der Waals surface area contributed by atoms with Crippen molar-refractivity contribution in [1.82, 2.24) is 14.6 Å². The number of hydrogen-bond donors (Lipinski definition) is 0. The first-order chi connectivity index (χ1) is 14.2. The van der Waals surface area contributed by atoms with Crippen LogP contribution in [0.4, 0.5) is 4.39 Å². The molecule has 0 spiro atoms. The Bertz CT molecular complexity index is 1220. The van der Waals surface area contributed by atoms with Crippen molar-refractivity contribution in [3.63, 3.8) is 0 Å². The first kappa shape index (κ1) is 21.9. The highest BCUT2D eigenvalue weighted by Crippen LogP contribution is 2.30. The lowest BCUT2D eigenvalue weighted by molar-refractivity contribution is -0.142. The molecule has 30 heavy (non-hydrogen) atoms. The number of halogens is 1. The molecule has 3 aromatic rings. The molecule has 0 saturated carbocycles. The Kier molecular flexibility index (Phi) is 6.21. The zero-order valence-electron chi connectivity index (χ0n) is 17.4. The van der Waals surface area contributed by atoms with Gasteiger partial charge in [0, 0.05) is 17.0 Å². The minimum atomic E-state index is -4.05. The fraction of sp³-hybridized carbons (Fsp3) is 0.381. The Morgan fingerprint density at radius 1 is 1.23 bits per heavy atom. The molecule has 3 rings (SSSR count). The molecule has 7 nitrogen and oxygen atoms in total. The van der Waals surface area contributed by atoms with Crippen molar-refractivity contribution >= 4 is 21.5 Å². The maximum atomic E-state index is 13.7. The number of hydrogen-bond acceptors (Lipinski definition) is 6. The van der Waals surface area contributed by atoms with Crippen LogP contribution < -0.4 is 0 Å². The third-order valence-corrected chi connectivity index (χ3v) is 6.67. The molecule has 0 amide bonds. The van der Waals surface area contributed by atoms with Gasteiger partial charge in [-0.3, -0.25) is 4.79 Å². The maximum Gasteiger partial charge on any atom is 0.310 e. The summed E-state index contributed by atoms with van der Waals surface area (Å²) in [6.45, 7) is 7.39. The van der Waals surface area contributed by atoms with E-state index in [4.69, 9.17) is 4.74 Å². The first-order valence-electron chi connectivity index (χ1n) is 9.74. The summed E-state index contributed by atoms with van der Waals surface area (Å²) < 4.78 is 47.0. The predicted octanol–water partition coefficient (Wildman–Crippen LogP) is 3.38. The summed E-state index contributed by atoms with van der Waals surface area (Å²) in [6, 6.07) is 4.89. The van der Waals surface area contributed by atoms with Gasteiger partial charge in [-0.25, -0.2) is 22.3 Å². The van der Waals surface area contributed by atoms with Gasteiger partial charge in [0.2, 0.25) is 9.84 Å². The van der Waals surface area contributed by atoms with Crippen molar-refractivity contribution in [2.75, 3.05) is 6.61 Å². The Morgan fingerprint density at radius 2 is 1.97 bits per heavy atom. The summed E-state index contributed by atoms with van der Waals surface area (Å²) in [6.07, 6.45) is 1.10. The van der Waals surface area contributed by atoms with E-state index in [1.54, 1.807) is 20.8 Å². The lowest BCUT2D eigenvalue weighted by Gasteiger charge is -2.11. The quantitative estimate of drug-likeness (QED) is 0.531. The number of nitrogens with zero attached hydrogens (tertiary/aromatic N) is 3. The Labute approximate surface area is 174 Å². The van der Waals surface area contributed by atoms with Gasteiger partial charge in [0.25, 0.3) is 0 Å². The van der Waals surface area contributed by atoms with Crippen molar-refractivity contribution in [3.05, 3.63) is 52.7 Å². The minimum absolute atomic E-state index is 0.0173. The van der Waals surface area contributed by atoms with Crippen molar-refractivity contribution in [1.29, 1.82) is 0 Å². The van der Waals surface area contributed by atoms with E-state index in [0.29, 0.717) is 35.5 Å². The van der Waals surface area contributed by atoms with E-state index >= 15 is 0 Å². The second-order valence-corrected chi connectivity index (χ2v) is 8.85. The van der Waals surface area contributed by atoms with E-state index in [1.165, 1.54) is 22.7 Å². The smallest absolute Gasteiger partial charge is 0.310 e. The van der Waals surface area contributed by atoms with Crippen LogP contribution in [0, 0.1) is 19.7 Å². The fourth-order valence-electron chi connectivity index (χ4n) is 3.43. The number of rotatable bonds is 7. The number of aryl methyl sites for hydroxylation is 3. The van der Waals surface area contributed by atoms with Crippen LogP contribution >= 0.6 is 0 Å². The van der Waals surface area contributed by atoms with Gasteiger partial charge in [-0.1, -0.05) is 19.4 Å². The second-order valence-electron chi connectivity index (χ2n) is 6.97. The van der Waals surface area contributed by atoms with Crippen LogP contribution in [0.2, 0.25) is 0 Å². The average molecular weight is 434 g/mol. The number of aromatic nitrogens is 3. The van der Waals surface area contributed by atoms with Gasteiger partial charge in [0.1, 0.15) is 10.7 Å². The minimum Gasteiger partial charge on any atom is -0.466 e. The van der Waals surface area contributed by atoms with E-state index in [-0.39, 0.29) is 28.5 Å². The highest BCUT2D eigenvalue weighted by Gasteiger charge is 2.30. The number of benzene rings is 1. The molecule has 0 saturated heterocycles. The summed E-state index contributed by atoms with van der Waals surface area (Å²) in [5, 5.41) is 4.50. The summed E-state index contributed by atoms with van der Waals surface area (Å²) in [7, 11) is -4.05. The Hall–Kier alpha value is -2.81. The number of carbonyl (C=O) groups is 1. The molecule has 160 valence electrons.